The molecule has 0 fully saturated rings. The highest BCUT2D eigenvalue weighted by atomic mass is 32.2. The van der Waals surface area contributed by atoms with Gasteiger partial charge < -0.3 is 0 Å². The predicted molar refractivity (Wildman–Crippen MR) is 54.1 cm³/mol. The molecule has 0 bridgehead atoms. The summed E-state index contributed by atoms with van der Waals surface area (Å²) in [4.78, 5) is 1.37. The molecule has 0 N–H and O–H groups in total. The SMILES string of the molecule is S=c1scc(C2C=CC=C2)s1. The lowest BCUT2D eigenvalue weighted by molar-refractivity contribution is 1.15. The highest BCUT2D eigenvalue weighted by molar-refractivity contribution is 7.76. The monoisotopic (exact) mass is 198 g/mol. The van der Waals surface area contributed by atoms with Crippen LogP contribution in [0.5, 0.6) is 0 Å². The third-order valence-corrected chi connectivity index (χ3v) is 4.13. The summed E-state index contributed by atoms with van der Waals surface area (Å²) in [5, 5.41) is 2.15. The Hall–Kier alpha value is -0.250. The normalized spacial score (nSPS) is 16.4. The van der Waals surface area contributed by atoms with E-state index in [1.54, 1.807) is 22.7 Å². The summed E-state index contributed by atoms with van der Waals surface area (Å²) in [7, 11) is 0. The molecule has 0 amide bonds. The fraction of sp³-hybridized carbons (Fsp3) is 0.125. The minimum Gasteiger partial charge on any atom is -0.121 e. The molecule has 1 aliphatic rings. The van der Waals surface area contributed by atoms with Crippen LogP contribution in [0.15, 0.2) is 29.7 Å². The van der Waals surface area contributed by atoms with E-state index in [-0.39, 0.29) is 0 Å². The minimum atomic E-state index is 0.493. The highest BCUT2D eigenvalue weighted by Gasteiger charge is 2.07. The molecule has 0 aliphatic heterocycles. The Morgan fingerprint density at radius 3 is 2.55 bits per heavy atom. The summed E-state index contributed by atoms with van der Waals surface area (Å²) in [6.45, 7) is 0. The Kier molecular flexibility index (Phi) is 2.02. The largest absolute Gasteiger partial charge is 0.143 e. The molecule has 11 heavy (non-hydrogen) atoms. The Labute approximate surface area is 78.5 Å². The van der Waals surface area contributed by atoms with E-state index in [1.165, 1.54) is 4.88 Å². The topological polar surface area (TPSA) is 0 Å². The number of hydrogen-bond acceptors (Lipinski definition) is 3. The lowest BCUT2D eigenvalue weighted by Gasteiger charge is -1.97. The van der Waals surface area contributed by atoms with E-state index in [1.807, 2.05) is 0 Å². The summed E-state index contributed by atoms with van der Waals surface area (Å²) >= 11 is 8.43. The van der Waals surface area contributed by atoms with Gasteiger partial charge in [-0.25, -0.2) is 0 Å². The highest BCUT2D eigenvalue weighted by Crippen LogP contribution is 2.29. The van der Waals surface area contributed by atoms with Gasteiger partial charge in [0.1, 0.15) is 3.14 Å². The zero-order chi connectivity index (χ0) is 7.68. The van der Waals surface area contributed by atoms with Gasteiger partial charge in [-0.3, -0.25) is 0 Å². The molecular weight excluding hydrogens is 192 g/mol. The first-order chi connectivity index (χ1) is 5.36. The second-order valence-electron chi connectivity index (χ2n) is 2.29. The van der Waals surface area contributed by atoms with Crippen LogP contribution < -0.4 is 0 Å². The van der Waals surface area contributed by atoms with Crippen LogP contribution in [-0.2, 0) is 0 Å². The van der Waals surface area contributed by atoms with E-state index in [0.717, 1.165) is 3.14 Å². The van der Waals surface area contributed by atoms with Crippen LogP contribution in [-0.4, -0.2) is 0 Å². The maximum Gasteiger partial charge on any atom is 0.143 e. The summed E-state index contributed by atoms with van der Waals surface area (Å²) < 4.78 is 1.02. The molecule has 0 unspecified atom stereocenters. The smallest absolute Gasteiger partial charge is 0.121 e. The van der Waals surface area contributed by atoms with Crippen LogP contribution in [0.25, 0.3) is 0 Å². The van der Waals surface area contributed by atoms with Crippen LogP contribution in [0.1, 0.15) is 10.8 Å². The summed E-state index contributed by atoms with van der Waals surface area (Å²) in [5.74, 6) is 0.493. The molecule has 1 aromatic heterocycles. The van der Waals surface area contributed by atoms with Gasteiger partial charge in [0.15, 0.2) is 0 Å². The standard InChI is InChI=1S/C8H6S3/c9-8-10-5-7(11-8)6-3-1-2-4-6/h1-6H. The summed E-state index contributed by atoms with van der Waals surface area (Å²) in [6.07, 6.45) is 8.54. The van der Waals surface area contributed by atoms with Crippen molar-refractivity contribution in [1.82, 2.24) is 0 Å². The molecule has 1 aliphatic carbocycles. The van der Waals surface area contributed by atoms with Gasteiger partial charge in [0.05, 0.1) is 0 Å². The summed E-state index contributed by atoms with van der Waals surface area (Å²) in [5.41, 5.74) is 0. The molecule has 0 nitrogen and oxygen atoms in total. The van der Waals surface area contributed by atoms with Crippen molar-refractivity contribution in [2.75, 3.05) is 0 Å². The van der Waals surface area contributed by atoms with Crippen molar-refractivity contribution in [2.24, 2.45) is 0 Å². The molecule has 1 aromatic rings. The van der Waals surface area contributed by atoms with E-state index in [2.05, 4.69) is 29.7 Å². The van der Waals surface area contributed by atoms with Crippen LogP contribution >= 0.6 is 34.9 Å². The van der Waals surface area contributed by atoms with Gasteiger partial charge in [-0.15, -0.1) is 22.7 Å². The fourth-order valence-electron chi connectivity index (χ4n) is 1.02. The zero-order valence-electron chi connectivity index (χ0n) is 5.69. The van der Waals surface area contributed by atoms with Crippen molar-refractivity contribution in [3.05, 3.63) is 37.7 Å². The molecule has 0 saturated carbocycles. The van der Waals surface area contributed by atoms with E-state index in [4.69, 9.17) is 12.2 Å². The molecule has 0 aromatic carbocycles. The lowest BCUT2D eigenvalue weighted by atomic mass is 10.1. The van der Waals surface area contributed by atoms with Gasteiger partial charge in [0, 0.05) is 16.2 Å². The maximum absolute atomic E-state index is 5.06. The second-order valence-corrected chi connectivity index (χ2v) is 5.43. The average molecular weight is 198 g/mol. The van der Waals surface area contributed by atoms with Crippen LogP contribution in [0, 0.1) is 3.14 Å². The second kappa shape index (κ2) is 3.01. The number of hydrogen-bond donors (Lipinski definition) is 0. The fourth-order valence-corrected chi connectivity index (χ4v) is 3.27. The molecule has 1 heterocycles. The molecular formula is C8H6S3. The average Bonchev–Trinajstić information content (AvgIpc) is 2.55. The Bertz CT molecular complexity index is 341. The molecule has 0 saturated heterocycles. The Morgan fingerprint density at radius 2 is 2.00 bits per heavy atom. The molecule has 0 radical (unpaired) electrons. The van der Waals surface area contributed by atoms with Crippen LogP contribution in [0.4, 0.5) is 0 Å². The van der Waals surface area contributed by atoms with Gasteiger partial charge in [-0.05, 0) is 0 Å². The van der Waals surface area contributed by atoms with Gasteiger partial charge in [-0.2, -0.15) is 0 Å². The van der Waals surface area contributed by atoms with Crippen molar-refractivity contribution in [3.8, 4) is 0 Å². The van der Waals surface area contributed by atoms with Crippen molar-refractivity contribution in [3.63, 3.8) is 0 Å². The van der Waals surface area contributed by atoms with E-state index >= 15 is 0 Å². The van der Waals surface area contributed by atoms with E-state index < -0.39 is 0 Å². The zero-order valence-corrected chi connectivity index (χ0v) is 8.14. The first-order valence-corrected chi connectivity index (χ1v) is 5.40. The number of allylic oxidation sites excluding steroid dienone is 4. The lowest BCUT2D eigenvalue weighted by Crippen LogP contribution is -1.80. The molecule has 3 heteroatoms. The van der Waals surface area contributed by atoms with Crippen molar-refractivity contribution in [1.29, 1.82) is 0 Å². The first-order valence-electron chi connectivity index (χ1n) is 3.30. The quantitative estimate of drug-likeness (QED) is 0.619. The Balaban J connectivity index is 2.36. The van der Waals surface area contributed by atoms with Gasteiger partial charge in [0.2, 0.25) is 0 Å². The van der Waals surface area contributed by atoms with E-state index in [0.29, 0.717) is 5.92 Å². The van der Waals surface area contributed by atoms with Crippen LogP contribution in [0.3, 0.4) is 0 Å². The third-order valence-electron chi connectivity index (χ3n) is 1.55. The van der Waals surface area contributed by atoms with Crippen molar-refractivity contribution >= 4 is 34.9 Å². The maximum atomic E-state index is 5.06. The van der Waals surface area contributed by atoms with Gasteiger partial charge >= 0.3 is 0 Å². The molecule has 0 atom stereocenters. The Morgan fingerprint density at radius 1 is 1.27 bits per heavy atom. The van der Waals surface area contributed by atoms with Crippen LogP contribution in [0.2, 0.25) is 0 Å². The molecule has 2 rings (SSSR count). The molecule has 56 valence electrons. The van der Waals surface area contributed by atoms with E-state index in [9.17, 15) is 0 Å². The number of rotatable bonds is 1. The first kappa shape index (κ1) is 7.40. The van der Waals surface area contributed by atoms with Gasteiger partial charge in [0.25, 0.3) is 0 Å². The van der Waals surface area contributed by atoms with Crippen molar-refractivity contribution < 1.29 is 0 Å². The predicted octanol–water partition coefficient (Wildman–Crippen LogP) is 3.75. The summed E-state index contributed by atoms with van der Waals surface area (Å²) in [6, 6.07) is 0. The third kappa shape index (κ3) is 1.50. The van der Waals surface area contributed by atoms with Crippen molar-refractivity contribution in [2.45, 2.75) is 5.92 Å². The molecule has 0 spiro atoms. The van der Waals surface area contributed by atoms with Gasteiger partial charge in [-0.1, -0.05) is 36.5 Å². The minimum absolute atomic E-state index is 0.493.